The summed E-state index contributed by atoms with van der Waals surface area (Å²) in [5.41, 5.74) is 5.71. The summed E-state index contributed by atoms with van der Waals surface area (Å²) in [5, 5.41) is 1.18. The fourth-order valence-electron chi connectivity index (χ4n) is 2.98. The van der Waals surface area contributed by atoms with Crippen molar-refractivity contribution in [3.05, 3.63) is 66.0 Å². The number of aromatic nitrogens is 3. The van der Waals surface area contributed by atoms with Crippen molar-refractivity contribution in [1.82, 2.24) is 14.5 Å². The van der Waals surface area contributed by atoms with Crippen molar-refractivity contribution < 1.29 is 0 Å². The Kier molecular flexibility index (Phi) is 2.54. The van der Waals surface area contributed by atoms with Crippen LogP contribution in [0.15, 0.2) is 54.9 Å². The molecule has 0 aliphatic carbocycles. The highest BCUT2D eigenvalue weighted by Crippen LogP contribution is 2.32. The number of nitrogens with zero attached hydrogens (tertiary/aromatic N) is 3. The van der Waals surface area contributed by atoms with Crippen LogP contribution in [0, 0.1) is 13.8 Å². The van der Waals surface area contributed by atoms with Crippen LogP contribution in [0.4, 0.5) is 0 Å². The minimum Gasteiger partial charge on any atom is -0.292 e. The van der Waals surface area contributed by atoms with Crippen LogP contribution in [-0.2, 0) is 0 Å². The summed E-state index contributed by atoms with van der Waals surface area (Å²) < 4.78 is 2.22. The lowest BCUT2D eigenvalue weighted by Crippen LogP contribution is -2.00. The Labute approximate surface area is 122 Å². The number of pyridine rings is 2. The van der Waals surface area contributed by atoms with Gasteiger partial charge in [-0.25, -0.2) is 4.98 Å². The van der Waals surface area contributed by atoms with Gasteiger partial charge in [0.1, 0.15) is 5.82 Å². The van der Waals surface area contributed by atoms with E-state index in [1.165, 1.54) is 16.5 Å². The van der Waals surface area contributed by atoms with Crippen molar-refractivity contribution in [2.45, 2.75) is 13.8 Å². The Morgan fingerprint density at radius 3 is 2.43 bits per heavy atom. The van der Waals surface area contributed by atoms with Crippen LogP contribution >= 0.6 is 0 Å². The zero-order chi connectivity index (χ0) is 14.4. The average Bonchev–Trinajstić information content (AvgIpc) is 2.84. The van der Waals surface area contributed by atoms with Gasteiger partial charge in [0.15, 0.2) is 0 Å². The van der Waals surface area contributed by atoms with E-state index in [0.29, 0.717) is 0 Å². The van der Waals surface area contributed by atoms with Crippen LogP contribution in [0.2, 0.25) is 0 Å². The number of hydrogen-bond acceptors (Lipinski definition) is 2. The first-order valence-corrected chi connectivity index (χ1v) is 7.04. The molecule has 0 radical (unpaired) electrons. The molecule has 4 rings (SSSR count). The molecule has 0 fully saturated rings. The standard InChI is InChI=1S/C18H15N3/c1-12-6-3-8-14-16-15(9-5-10-19-16)21(17(12)14)18-13(2)7-4-11-20-18/h3-11H,1-2H3. The summed E-state index contributed by atoms with van der Waals surface area (Å²) in [7, 11) is 0. The van der Waals surface area contributed by atoms with E-state index in [0.717, 1.165) is 22.4 Å². The lowest BCUT2D eigenvalue weighted by molar-refractivity contribution is 1.05. The Balaban J connectivity index is 2.28. The van der Waals surface area contributed by atoms with Gasteiger partial charge in [-0.15, -0.1) is 0 Å². The van der Waals surface area contributed by atoms with E-state index in [1.54, 1.807) is 0 Å². The average molecular weight is 273 g/mol. The first-order chi connectivity index (χ1) is 10.3. The SMILES string of the molecule is Cc1cccnc1-n1c2cccnc2c2cccc(C)c21. The molecular weight excluding hydrogens is 258 g/mol. The maximum absolute atomic E-state index is 4.60. The van der Waals surface area contributed by atoms with E-state index < -0.39 is 0 Å². The molecule has 0 spiro atoms. The second kappa shape index (κ2) is 4.42. The van der Waals surface area contributed by atoms with Crippen molar-refractivity contribution >= 4 is 21.9 Å². The Bertz CT molecular complexity index is 967. The highest BCUT2D eigenvalue weighted by atomic mass is 15.1. The normalized spacial score (nSPS) is 11.3. The number of fused-ring (bicyclic) bond motifs is 3. The number of hydrogen-bond donors (Lipinski definition) is 0. The van der Waals surface area contributed by atoms with Crippen LogP contribution in [-0.4, -0.2) is 14.5 Å². The number of aryl methyl sites for hydroxylation is 2. The van der Waals surface area contributed by atoms with E-state index in [-0.39, 0.29) is 0 Å². The van der Waals surface area contributed by atoms with Gasteiger partial charge in [-0.2, -0.15) is 0 Å². The third-order valence-corrected chi connectivity index (χ3v) is 3.94. The van der Waals surface area contributed by atoms with E-state index in [9.17, 15) is 0 Å². The van der Waals surface area contributed by atoms with Crippen molar-refractivity contribution in [1.29, 1.82) is 0 Å². The van der Waals surface area contributed by atoms with Gasteiger partial charge in [0.2, 0.25) is 0 Å². The lowest BCUT2D eigenvalue weighted by Gasteiger charge is -2.10. The molecule has 0 atom stereocenters. The van der Waals surface area contributed by atoms with Crippen molar-refractivity contribution in [3.63, 3.8) is 0 Å². The van der Waals surface area contributed by atoms with Crippen molar-refractivity contribution in [2.75, 3.05) is 0 Å². The molecule has 0 unspecified atom stereocenters. The van der Waals surface area contributed by atoms with Crippen LogP contribution in [0.5, 0.6) is 0 Å². The van der Waals surface area contributed by atoms with E-state index in [2.05, 4.69) is 58.7 Å². The van der Waals surface area contributed by atoms with Gasteiger partial charge in [-0.3, -0.25) is 9.55 Å². The summed E-state index contributed by atoms with van der Waals surface area (Å²) >= 11 is 0. The summed E-state index contributed by atoms with van der Waals surface area (Å²) in [5.74, 6) is 0.972. The lowest BCUT2D eigenvalue weighted by atomic mass is 10.1. The van der Waals surface area contributed by atoms with Crippen LogP contribution in [0.25, 0.3) is 27.8 Å². The van der Waals surface area contributed by atoms with Gasteiger partial charge < -0.3 is 0 Å². The Morgan fingerprint density at radius 2 is 1.57 bits per heavy atom. The van der Waals surface area contributed by atoms with Gasteiger partial charge >= 0.3 is 0 Å². The van der Waals surface area contributed by atoms with Crippen LogP contribution in [0.3, 0.4) is 0 Å². The fourth-order valence-corrected chi connectivity index (χ4v) is 2.98. The van der Waals surface area contributed by atoms with E-state index in [4.69, 9.17) is 0 Å². The first-order valence-electron chi connectivity index (χ1n) is 7.04. The number of benzene rings is 1. The molecule has 0 N–H and O–H groups in total. The first kappa shape index (κ1) is 12.1. The van der Waals surface area contributed by atoms with Crippen molar-refractivity contribution in [2.24, 2.45) is 0 Å². The second-order valence-electron chi connectivity index (χ2n) is 5.32. The van der Waals surface area contributed by atoms with Gasteiger partial charge in [0.05, 0.1) is 16.6 Å². The maximum atomic E-state index is 4.60. The van der Waals surface area contributed by atoms with E-state index in [1.807, 2.05) is 24.5 Å². The maximum Gasteiger partial charge on any atom is 0.140 e. The molecule has 3 aromatic heterocycles. The predicted molar refractivity (Wildman–Crippen MR) is 85.8 cm³/mol. The molecule has 0 bridgehead atoms. The number of para-hydroxylation sites is 1. The van der Waals surface area contributed by atoms with Crippen LogP contribution < -0.4 is 0 Å². The summed E-state index contributed by atoms with van der Waals surface area (Å²) in [4.78, 5) is 9.17. The minimum absolute atomic E-state index is 0.972. The molecule has 102 valence electrons. The Hall–Kier alpha value is -2.68. The second-order valence-corrected chi connectivity index (χ2v) is 5.32. The Morgan fingerprint density at radius 1 is 0.810 bits per heavy atom. The molecule has 0 aliphatic rings. The third-order valence-electron chi connectivity index (χ3n) is 3.94. The van der Waals surface area contributed by atoms with Crippen molar-refractivity contribution in [3.8, 4) is 5.82 Å². The molecule has 0 saturated carbocycles. The molecule has 1 aromatic carbocycles. The molecule has 4 aromatic rings. The molecule has 0 aliphatic heterocycles. The van der Waals surface area contributed by atoms with Gasteiger partial charge in [-0.1, -0.05) is 24.3 Å². The molecule has 21 heavy (non-hydrogen) atoms. The highest BCUT2D eigenvalue weighted by molar-refractivity contribution is 6.07. The summed E-state index contributed by atoms with van der Waals surface area (Å²) in [6, 6.07) is 14.5. The molecule has 3 heterocycles. The molecular formula is C18H15N3. The largest absolute Gasteiger partial charge is 0.292 e. The monoisotopic (exact) mass is 273 g/mol. The van der Waals surface area contributed by atoms with E-state index >= 15 is 0 Å². The molecule has 0 saturated heterocycles. The highest BCUT2D eigenvalue weighted by Gasteiger charge is 2.15. The quantitative estimate of drug-likeness (QED) is 0.520. The smallest absolute Gasteiger partial charge is 0.140 e. The zero-order valence-electron chi connectivity index (χ0n) is 12.0. The topological polar surface area (TPSA) is 30.7 Å². The third kappa shape index (κ3) is 1.67. The predicted octanol–water partition coefficient (Wildman–Crippen LogP) is 4.19. The molecule has 3 heteroatoms. The minimum atomic E-state index is 0.972. The van der Waals surface area contributed by atoms with Crippen LogP contribution in [0.1, 0.15) is 11.1 Å². The molecule has 3 nitrogen and oxygen atoms in total. The molecule has 0 amide bonds. The zero-order valence-corrected chi connectivity index (χ0v) is 12.0. The summed E-state index contributed by atoms with van der Waals surface area (Å²) in [6.45, 7) is 4.23. The van der Waals surface area contributed by atoms with Gasteiger partial charge in [0, 0.05) is 17.8 Å². The van der Waals surface area contributed by atoms with Gasteiger partial charge in [-0.05, 0) is 43.2 Å². The summed E-state index contributed by atoms with van der Waals surface area (Å²) in [6.07, 6.45) is 3.69. The fraction of sp³-hybridized carbons (Fsp3) is 0.111. The number of rotatable bonds is 1. The van der Waals surface area contributed by atoms with Gasteiger partial charge in [0.25, 0.3) is 0 Å².